The molecular formula is C18H28BrNO. The van der Waals surface area contributed by atoms with Crippen molar-refractivity contribution < 1.29 is 5.11 Å². The third-order valence-electron chi connectivity index (χ3n) is 4.59. The second-order valence-corrected chi connectivity index (χ2v) is 7.21. The Morgan fingerprint density at radius 1 is 1.05 bits per heavy atom. The summed E-state index contributed by atoms with van der Waals surface area (Å²) >= 11 is 3.47. The molecule has 0 amide bonds. The number of aliphatic hydroxyl groups is 1. The highest BCUT2D eigenvalue weighted by Gasteiger charge is 2.28. The summed E-state index contributed by atoms with van der Waals surface area (Å²) in [6, 6.07) is 8.17. The highest BCUT2D eigenvalue weighted by Crippen LogP contribution is 2.31. The lowest BCUT2D eigenvalue weighted by molar-refractivity contribution is 0.00825. The summed E-state index contributed by atoms with van der Waals surface area (Å²) in [5.41, 5.74) is 0.379. The Morgan fingerprint density at radius 3 is 2.24 bits per heavy atom. The highest BCUT2D eigenvalue weighted by atomic mass is 79.9. The number of nitrogens with zero attached hydrogens (tertiary/aromatic N) is 1. The molecule has 1 aliphatic rings. The number of hydrogen-bond donors (Lipinski definition) is 1. The van der Waals surface area contributed by atoms with Crippen LogP contribution in [0, 0.1) is 0 Å². The monoisotopic (exact) mass is 353 g/mol. The van der Waals surface area contributed by atoms with Gasteiger partial charge in [0.25, 0.3) is 0 Å². The molecule has 0 aliphatic carbocycles. The van der Waals surface area contributed by atoms with E-state index in [2.05, 4.69) is 39.9 Å². The van der Waals surface area contributed by atoms with E-state index in [0.29, 0.717) is 0 Å². The van der Waals surface area contributed by atoms with Gasteiger partial charge in [0.05, 0.1) is 5.60 Å². The molecule has 1 atom stereocenters. The van der Waals surface area contributed by atoms with Gasteiger partial charge in [0, 0.05) is 11.0 Å². The van der Waals surface area contributed by atoms with Gasteiger partial charge in [-0.2, -0.15) is 0 Å². The van der Waals surface area contributed by atoms with Crippen molar-refractivity contribution >= 4 is 15.9 Å². The predicted molar refractivity (Wildman–Crippen MR) is 92.5 cm³/mol. The molecule has 118 valence electrons. The van der Waals surface area contributed by atoms with Crippen LogP contribution in [0.4, 0.5) is 0 Å². The first-order valence-corrected chi connectivity index (χ1v) is 9.14. The summed E-state index contributed by atoms with van der Waals surface area (Å²) in [6.07, 6.45) is 8.03. The first-order valence-electron chi connectivity index (χ1n) is 8.35. The largest absolute Gasteiger partial charge is 0.385 e. The molecule has 0 aromatic heterocycles. The van der Waals surface area contributed by atoms with Crippen LogP contribution in [0.15, 0.2) is 28.7 Å². The second-order valence-electron chi connectivity index (χ2n) is 6.29. The average molecular weight is 354 g/mol. The summed E-state index contributed by atoms with van der Waals surface area (Å²) in [5, 5.41) is 11.1. The van der Waals surface area contributed by atoms with E-state index in [0.717, 1.165) is 35.8 Å². The number of likely N-dealkylation sites (tertiary alicyclic amines) is 1. The molecule has 1 fully saturated rings. The summed E-state index contributed by atoms with van der Waals surface area (Å²) in [5.74, 6) is 0. The van der Waals surface area contributed by atoms with E-state index >= 15 is 0 Å². The van der Waals surface area contributed by atoms with Crippen LogP contribution in [0.5, 0.6) is 0 Å². The van der Waals surface area contributed by atoms with Crippen LogP contribution in [-0.2, 0) is 5.60 Å². The lowest BCUT2D eigenvalue weighted by Gasteiger charge is -2.31. The topological polar surface area (TPSA) is 23.5 Å². The van der Waals surface area contributed by atoms with Gasteiger partial charge in [-0.05, 0) is 56.5 Å². The Balaban J connectivity index is 2.01. The molecule has 1 aromatic rings. The molecule has 1 unspecified atom stereocenters. The maximum absolute atomic E-state index is 11.1. The fourth-order valence-corrected chi connectivity index (χ4v) is 3.55. The van der Waals surface area contributed by atoms with E-state index in [1.165, 1.54) is 38.8 Å². The van der Waals surface area contributed by atoms with Gasteiger partial charge in [-0.3, -0.25) is 0 Å². The smallest absolute Gasteiger partial charge is 0.0908 e. The molecule has 1 N–H and O–H groups in total. The molecule has 0 spiro atoms. The minimum Gasteiger partial charge on any atom is -0.385 e. The molecule has 2 rings (SSSR count). The predicted octanol–water partition coefficient (Wildman–Crippen LogP) is 4.70. The molecule has 1 heterocycles. The van der Waals surface area contributed by atoms with Gasteiger partial charge in [-0.1, -0.05) is 54.2 Å². The van der Waals surface area contributed by atoms with E-state index in [9.17, 15) is 5.11 Å². The highest BCUT2D eigenvalue weighted by molar-refractivity contribution is 9.10. The zero-order valence-corrected chi connectivity index (χ0v) is 14.7. The Morgan fingerprint density at radius 2 is 1.67 bits per heavy atom. The number of halogens is 1. The van der Waals surface area contributed by atoms with Gasteiger partial charge >= 0.3 is 0 Å². The van der Waals surface area contributed by atoms with Crippen LogP contribution in [0.3, 0.4) is 0 Å². The van der Waals surface area contributed by atoms with Crippen LogP contribution < -0.4 is 0 Å². The molecule has 2 nitrogen and oxygen atoms in total. The van der Waals surface area contributed by atoms with Crippen LogP contribution >= 0.6 is 15.9 Å². The van der Waals surface area contributed by atoms with Crippen LogP contribution in [0.1, 0.15) is 57.4 Å². The van der Waals surface area contributed by atoms with Crippen LogP contribution in [-0.4, -0.2) is 29.6 Å². The zero-order valence-electron chi connectivity index (χ0n) is 13.2. The SMILES string of the molecule is CCCC(O)(CCN1CCCCCC1)c1ccc(Br)cc1. The lowest BCUT2D eigenvalue weighted by atomic mass is 9.86. The Kier molecular flexibility index (Phi) is 6.72. The Bertz CT molecular complexity index is 412. The molecule has 1 aromatic carbocycles. The summed E-state index contributed by atoms with van der Waals surface area (Å²) in [7, 11) is 0. The van der Waals surface area contributed by atoms with Crippen LogP contribution in [0.2, 0.25) is 0 Å². The van der Waals surface area contributed by atoms with Crippen molar-refractivity contribution in [2.75, 3.05) is 19.6 Å². The average Bonchev–Trinajstić information content (AvgIpc) is 2.75. The van der Waals surface area contributed by atoms with E-state index < -0.39 is 5.60 Å². The molecular weight excluding hydrogens is 326 g/mol. The lowest BCUT2D eigenvalue weighted by Crippen LogP contribution is -2.34. The normalized spacial score (nSPS) is 20.0. The number of benzene rings is 1. The Hall–Kier alpha value is -0.380. The van der Waals surface area contributed by atoms with Crippen molar-refractivity contribution in [3.63, 3.8) is 0 Å². The summed E-state index contributed by atoms with van der Waals surface area (Å²) in [6.45, 7) is 5.55. The Labute approximate surface area is 137 Å². The van der Waals surface area contributed by atoms with Crippen molar-refractivity contribution in [2.24, 2.45) is 0 Å². The van der Waals surface area contributed by atoms with Crippen molar-refractivity contribution in [3.05, 3.63) is 34.3 Å². The molecule has 21 heavy (non-hydrogen) atoms. The zero-order chi connectivity index (χ0) is 15.1. The molecule has 1 saturated heterocycles. The molecule has 0 bridgehead atoms. The fourth-order valence-electron chi connectivity index (χ4n) is 3.29. The van der Waals surface area contributed by atoms with Gasteiger partial charge in [-0.25, -0.2) is 0 Å². The molecule has 0 radical (unpaired) electrons. The van der Waals surface area contributed by atoms with Crippen molar-refractivity contribution in [1.82, 2.24) is 4.90 Å². The van der Waals surface area contributed by atoms with Gasteiger partial charge < -0.3 is 10.0 Å². The second kappa shape index (κ2) is 8.30. The minimum absolute atomic E-state index is 0.679. The van der Waals surface area contributed by atoms with Crippen LogP contribution in [0.25, 0.3) is 0 Å². The first-order chi connectivity index (χ1) is 10.1. The maximum Gasteiger partial charge on any atom is 0.0908 e. The number of rotatable bonds is 6. The molecule has 1 aliphatic heterocycles. The fraction of sp³-hybridized carbons (Fsp3) is 0.667. The van der Waals surface area contributed by atoms with Crippen molar-refractivity contribution in [2.45, 2.75) is 57.5 Å². The molecule has 0 saturated carbocycles. The maximum atomic E-state index is 11.1. The van der Waals surface area contributed by atoms with Gasteiger partial charge in [0.1, 0.15) is 0 Å². The first kappa shape index (κ1) is 17.0. The molecule has 3 heteroatoms. The quantitative estimate of drug-likeness (QED) is 0.800. The van der Waals surface area contributed by atoms with Gasteiger partial charge in [0.15, 0.2) is 0 Å². The standard InChI is InChI=1S/C18H28BrNO/c1-2-11-18(21,16-7-9-17(19)10-8-16)12-15-20-13-5-3-4-6-14-20/h7-10,21H,2-6,11-15H2,1H3. The third-order valence-corrected chi connectivity index (χ3v) is 5.11. The van der Waals surface area contributed by atoms with E-state index in [1.54, 1.807) is 0 Å². The summed E-state index contributed by atoms with van der Waals surface area (Å²) in [4.78, 5) is 2.53. The van der Waals surface area contributed by atoms with E-state index in [1.807, 2.05) is 12.1 Å². The minimum atomic E-state index is -0.679. The third kappa shape index (κ3) is 5.08. The van der Waals surface area contributed by atoms with E-state index in [-0.39, 0.29) is 0 Å². The van der Waals surface area contributed by atoms with Gasteiger partial charge in [0.2, 0.25) is 0 Å². The number of hydrogen-bond acceptors (Lipinski definition) is 2. The van der Waals surface area contributed by atoms with E-state index in [4.69, 9.17) is 0 Å². The van der Waals surface area contributed by atoms with Crippen molar-refractivity contribution in [3.8, 4) is 0 Å². The van der Waals surface area contributed by atoms with Crippen molar-refractivity contribution in [1.29, 1.82) is 0 Å². The van der Waals surface area contributed by atoms with Gasteiger partial charge in [-0.15, -0.1) is 0 Å². The summed E-state index contributed by atoms with van der Waals surface area (Å²) < 4.78 is 1.07.